The number of nitrogens with one attached hydrogen (secondary N) is 1. The van der Waals surface area contributed by atoms with Crippen LogP contribution in [0.1, 0.15) is 42.2 Å². The number of benzene rings is 1. The lowest BCUT2D eigenvalue weighted by Crippen LogP contribution is -2.27. The Balaban J connectivity index is 1.74. The molecule has 0 aliphatic rings. The minimum atomic E-state index is -0.481. The number of rotatable bonds is 6. The van der Waals surface area contributed by atoms with Gasteiger partial charge in [-0.15, -0.1) is 0 Å². The molecule has 2 aromatic heterocycles. The molecule has 0 spiro atoms. The fraction of sp³-hybridized carbons (Fsp3) is 0.294. The van der Waals surface area contributed by atoms with Crippen molar-refractivity contribution < 1.29 is 18.5 Å². The molecule has 3 rings (SSSR count). The lowest BCUT2D eigenvalue weighted by atomic mass is 10.2. The van der Waals surface area contributed by atoms with Crippen LogP contribution < -0.4 is 10.1 Å². The van der Waals surface area contributed by atoms with Gasteiger partial charge in [-0.1, -0.05) is 24.2 Å². The predicted molar refractivity (Wildman–Crippen MR) is 88.0 cm³/mol. The summed E-state index contributed by atoms with van der Waals surface area (Å²) in [5, 5.41) is 6.72. The van der Waals surface area contributed by atoms with Crippen molar-refractivity contribution in [3.63, 3.8) is 0 Å². The van der Waals surface area contributed by atoms with Gasteiger partial charge in [-0.2, -0.15) is 4.98 Å². The maximum atomic E-state index is 12.2. The predicted octanol–water partition coefficient (Wildman–Crippen LogP) is 2.79. The normalized spacial score (nSPS) is 12.0. The Morgan fingerprint density at radius 3 is 2.84 bits per heavy atom. The fourth-order valence-corrected chi connectivity index (χ4v) is 2.26. The van der Waals surface area contributed by atoms with Gasteiger partial charge in [0.15, 0.2) is 11.6 Å². The summed E-state index contributed by atoms with van der Waals surface area (Å²) in [5.74, 6) is 1.46. The molecule has 1 aromatic carbocycles. The van der Waals surface area contributed by atoms with Crippen molar-refractivity contribution in [1.29, 1.82) is 0 Å². The number of nitrogens with zero attached hydrogens (tertiary/aromatic N) is 3. The van der Waals surface area contributed by atoms with E-state index in [2.05, 4.69) is 20.4 Å². The summed E-state index contributed by atoms with van der Waals surface area (Å²) < 4.78 is 15.7. The number of carbonyl (C=O) groups is 1. The van der Waals surface area contributed by atoms with Crippen LogP contribution >= 0.6 is 0 Å². The number of aromatic nitrogens is 3. The first-order chi connectivity index (χ1) is 12.1. The van der Waals surface area contributed by atoms with Gasteiger partial charge in [0.25, 0.3) is 5.91 Å². The third-order valence-electron chi connectivity index (χ3n) is 3.59. The van der Waals surface area contributed by atoms with Crippen LogP contribution in [0, 0.1) is 0 Å². The van der Waals surface area contributed by atoms with Crippen LogP contribution in [0.2, 0.25) is 0 Å². The van der Waals surface area contributed by atoms with Crippen LogP contribution in [0.25, 0.3) is 11.4 Å². The van der Waals surface area contributed by atoms with E-state index in [-0.39, 0.29) is 17.5 Å². The van der Waals surface area contributed by atoms with Gasteiger partial charge >= 0.3 is 0 Å². The Labute approximate surface area is 144 Å². The minimum absolute atomic E-state index is 0.216. The van der Waals surface area contributed by atoms with E-state index < -0.39 is 6.04 Å². The third kappa shape index (κ3) is 3.52. The second-order valence-electron chi connectivity index (χ2n) is 5.33. The molecule has 1 atom stereocenters. The molecular weight excluding hydrogens is 324 g/mol. The molecule has 130 valence electrons. The van der Waals surface area contributed by atoms with Crippen molar-refractivity contribution in [2.24, 2.45) is 0 Å². The van der Waals surface area contributed by atoms with Crippen LogP contribution in [0.3, 0.4) is 0 Å². The summed E-state index contributed by atoms with van der Waals surface area (Å²) >= 11 is 0. The average Bonchev–Trinajstić information content (AvgIpc) is 3.31. The zero-order valence-electron chi connectivity index (χ0n) is 14.1. The summed E-state index contributed by atoms with van der Waals surface area (Å²) in [6.07, 6.45) is 1.95. The van der Waals surface area contributed by atoms with E-state index in [4.69, 9.17) is 13.7 Å². The standard InChI is InChI=1S/C17H18N4O4/c1-4-14-19-12(9-24-14)16(22)18-10(2)17-20-15(21-25-17)11-7-5-6-8-13(11)23-3/h5-10H,4H2,1-3H3,(H,18,22)/t10-/m1/s1. The smallest absolute Gasteiger partial charge is 0.273 e. The zero-order valence-corrected chi connectivity index (χ0v) is 14.1. The molecular formula is C17H18N4O4. The highest BCUT2D eigenvalue weighted by Gasteiger charge is 2.21. The molecule has 2 heterocycles. The molecule has 0 fully saturated rings. The molecule has 0 radical (unpaired) electrons. The van der Waals surface area contributed by atoms with Gasteiger partial charge in [-0.3, -0.25) is 4.79 Å². The van der Waals surface area contributed by atoms with Crippen molar-refractivity contribution in [3.05, 3.63) is 48.0 Å². The second-order valence-corrected chi connectivity index (χ2v) is 5.33. The molecule has 0 saturated carbocycles. The van der Waals surface area contributed by atoms with Gasteiger partial charge in [0, 0.05) is 6.42 Å². The van der Waals surface area contributed by atoms with E-state index in [0.29, 0.717) is 29.4 Å². The lowest BCUT2D eigenvalue weighted by Gasteiger charge is -2.07. The first-order valence-corrected chi connectivity index (χ1v) is 7.84. The summed E-state index contributed by atoms with van der Waals surface area (Å²) in [5.41, 5.74) is 0.927. The second kappa shape index (κ2) is 7.16. The number of methoxy groups -OCH3 is 1. The fourth-order valence-electron chi connectivity index (χ4n) is 2.26. The molecule has 0 unspecified atom stereocenters. The van der Waals surface area contributed by atoms with Crippen molar-refractivity contribution >= 4 is 5.91 Å². The molecule has 1 N–H and O–H groups in total. The number of oxazole rings is 1. The Morgan fingerprint density at radius 1 is 1.32 bits per heavy atom. The quantitative estimate of drug-likeness (QED) is 0.734. The maximum Gasteiger partial charge on any atom is 0.273 e. The van der Waals surface area contributed by atoms with Crippen LogP contribution in [0.5, 0.6) is 5.75 Å². The molecule has 0 bridgehead atoms. The topological polar surface area (TPSA) is 103 Å². The summed E-state index contributed by atoms with van der Waals surface area (Å²) in [7, 11) is 1.57. The number of hydrogen-bond donors (Lipinski definition) is 1. The van der Waals surface area contributed by atoms with Crippen molar-refractivity contribution in [1.82, 2.24) is 20.4 Å². The number of carbonyl (C=O) groups excluding carboxylic acids is 1. The molecule has 8 heteroatoms. The first kappa shape index (κ1) is 16.7. The SMILES string of the molecule is CCc1nc(C(=O)N[C@H](C)c2nc(-c3ccccc3OC)no2)co1. The van der Waals surface area contributed by atoms with Gasteiger partial charge in [0.2, 0.25) is 11.7 Å². The van der Waals surface area contributed by atoms with Crippen LogP contribution in [0.4, 0.5) is 0 Å². The van der Waals surface area contributed by atoms with Gasteiger partial charge in [-0.05, 0) is 19.1 Å². The molecule has 0 aliphatic carbocycles. The summed E-state index contributed by atoms with van der Waals surface area (Å²) in [4.78, 5) is 20.6. The van der Waals surface area contributed by atoms with E-state index >= 15 is 0 Å². The van der Waals surface area contributed by atoms with Crippen molar-refractivity contribution in [2.45, 2.75) is 26.3 Å². The summed E-state index contributed by atoms with van der Waals surface area (Å²) in [6, 6.07) is 6.87. The van der Waals surface area contributed by atoms with Gasteiger partial charge in [0.05, 0.1) is 12.7 Å². The highest BCUT2D eigenvalue weighted by molar-refractivity contribution is 5.92. The van der Waals surface area contributed by atoms with Crippen LogP contribution in [0.15, 0.2) is 39.5 Å². The van der Waals surface area contributed by atoms with E-state index in [1.165, 1.54) is 6.26 Å². The minimum Gasteiger partial charge on any atom is -0.496 e. The highest BCUT2D eigenvalue weighted by atomic mass is 16.5. The molecule has 0 saturated heterocycles. The number of amides is 1. The number of ether oxygens (including phenoxy) is 1. The van der Waals surface area contributed by atoms with Crippen LogP contribution in [-0.2, 0) is 6.42 Å². The monoisotopic (exact) mass is 342 g/mol. The molecule has 1 amide bonds. The Hall–Kier alpha value is -3.16. The zero-order chi connectivity index (χ0) is 17.8. The van der Waals surface area contributed by atoms with E-state index in [1.807, 2.05) is 31.2 Å². The van der Waals surface area contributed by atoms with Gasteiger partial charge in [0.1, 0.15) is 18.1 Å². The first-order valence-electron chi connectivity index (χ1n) is 7.84. The third-order valence-corrected chi connectivity index (χ3v) is 3.59. The maximum absolute atomic E-state index is 12.2. The Kier molecular flexibility index (Phi) is 4.78. The lowest BCUT2D eigenvalue weighted by molar-refractivity contribution is 0.0927. The Morgan fingerprint density at radius 2 is 2.12 bits per heavy atom. The number of hydrogen-bond acceptors (Lipinski definition) is 7. The molecule has 25 heavy (non-hydrogen) atoms. The molecule has 3 aromatic rings. The van der Waals surface area contributed by atoms with Crippen molar-refractivity contribution in [2.75, 3.05) is 7.11 Å². The largest absolute Gasteiger partial charge is 0.496 e. The molecule has 8 nitrogen and oxygen atoms in total. The number of aryl methyl sites for hydroxylation is 1. The van der Waals surface area contributed by atoms with Crippen molar-refractivity contribution in [3.8, 4) is 17.1 Å². The van der Waals surface area contributed by atoms with Crippen LogP contribution in [-0.4, -0.2) is 28.1 Å². The summed E-state index contributed by atoms with van der Waals surface area (Å²) in [6.45, 7) is 3.65. The van der Waals surface area contributed by atoms with Gasteiger partial charge in [-0.25, -0.2) is 4.98 Å². The van der Waals surface area contributed by atoms with Gasteiger partial charge < -0.3 is 19.0 Å². The van der Waals surface area contributed by atoms with E-state index in [0.717, 1.165) is 0 Å². The number of para-hydroxylation sites is 1. The Bertz CT molecular complexity index is 871. The van der Waals surface area contributed by atoms with E-state index in [9.17, 15) is 4.79 Å². The highest BCUT2D eigenvalue weighted by Crippen LogP contribution is 2.27. The average molecular weight is 342 g/mol. The molecule has 0 aliphatic heterocycles. The van der Waals surface area contributed by atoms with E-state index in [1.54, 1.807) is 14.0 Å².